The predicted octanol–water partition coefficient (Wildman–Crippen LogP) is 0.807. The standard InChI is InChI=1S/C4H11N.C3H9N.C2H7N/c1-2-3-4-5;1-3-4-2;1-3-2/h2-5H2,1H3;4H,3H2,1-2H3;3H,1-2H3. The van der Waals surface area contributed by atoms with Gasteiger partial charge < -0.3 is 16.4 Å². The van der Waals surface area contributed by atoms with Gasteiger partial charge in [-0.3, -0.25) is 0 Å². The summed E-state index contributed by atoms with van der Waals surface area (Å²) >= 11 is 0. The molecule has 0 radical (unpaired) electrons. The zero-order chi connectivity index (χ0) is 10.2. The molecule has 0 unspecified atom stereocenters. The summed E-state index contributed by atoms with van der Waals surface area (Å²) in [6, 6.07) is 0. The molecule has 3 heteroatoms. The molecule has 0 saturated heterocycles. The summed E-state index contributed by atoms with van der Waals surface area (Å²) in [6.07, 6.45) is 2.39. The second-order valence-corrected chi connectivity index (χ2v) is 2.35. The van der Waals surface area contributed by atoms with E-state index in [9.17, 15) is 0 Å². The molecule has 0 rings (SSSR count). The van der Waals surface area contributed by atoms with E-state index in [0.29, 0.717) is 0 Å². The van der Waals surface area contributed by atoms with E-state index in [1.807, 2.05) is 21.1 Å². The Hall–Kier alpha value is -0.120. The minimum atomic E-state index is 0.844. The Balaban J connectivity index is -0.000000105. The quantitative estimate of drug-likeness (QED) is 0.598. The molecule has 0 amide bonds. The first-order chi connectivity index (χ1) is 5.74. The molecule has 0 saturated carbocycles. The zero-order valence-electron chi connectivity index (χ0n) is 9.41. The number of rotatable bonds is 3. The first-order valence-corrected chi connectivity index (χ1v) is 4.68. The SMILES string of the molecule is CCCCN.CCNC.CNC. The Morgan fingerprint density at radius 3 is 1.42 bits per heavy atom. The summed E-state index contributed by atoms with van der Waals surface area (Å²) in [5.74, 6) is 0. The lowest BCUT2D eigenvalue weighted by Gasteiger charge is -1.80. The molecular weight excluding hydrogens is 150 g/mol. The van der Waals surface area contributed by atoms with Gasteiger partial charge in [-0.05, 0) is 40.7 Å². The van der Waals surface area contributed by atoms with Gasteiger partial charge in [0.15, 0.2) is 0 Å². The van der Waals surface area contributed by atoms with Crippen molar-refractivity contribution in [2.75, 3.05) is 34.2 Å². The van der Waals surface area contributed by atoms with E-state index < -0.39 is 0 Å². The van der Waals surface area contributed by atoms with Crippen LogP contribution in [0.5, 0.6) is 0 Å². The molecule has 0 aromatic rings. The number of unbranched alkanes of at least 4 members (excludes halogenated alkanes) is 1. The van der Waals surface area contributed by atoms with Crippen LogP contribution in [-0.2, 0) is 0 Å². The Bertz CT molecular complexity index is 36.8. The van der Waals surface area contributed by atoms with Gasteiger partial charge in [-0.25, -0.2) is 0 Å². The first kappa shape index (κ1) is 17.8. The summed E-state index contributed by atoms with van der Waals surface area (Å²) in [5.41, 5.74) is 5.14. The van der Waals surface area contributed by atoms with Gasteiger partial charge >= 0.3 is 0 Å². The number of nitrogens with one attached hydrogen (secondary N) is 2. The Morgan fingerprint density at radius 2 is 1.42 bits per heavy atom. The smallest absolute Gasteiger partial charge is 0.00774 e. The summed E-state index contributed by atoms with van der Waals surface area (Å²) in [7, 11) is 5.68. The number of nitrogens with two attached hydrogens (primary N) is 1. The van der Waals surface area contributed by atoms with Crippen LogP contribution < -0.4 is 16.4 Å². The molecule has 78 valence electrons. The van der Waals surface area contributed by atoms with Crippen molar-refractivity contribution < 1.29 is 0 Å². The first-order valence-electron chi connectivity index (χ1n) is 4.68. The molecule has 0 fully saturated rings. The minimum absolute atomic E-state index is 0.844. The maximum absolute atomic E-state index is 5.14. The van der Waals surface area contributed by atoms with Crippen molar-refractivity contribution in [3.63, 3.8) is 0 Å². The van der Waals surface area contributed by atoms with Gasteiger partial charge in [-0.1, -0.05) is 20.3 Å². The molecule has 0 aromatic heterocycles. The van der Waals surface area contributed by atoms with Crippen molar-refractivity contribution in [2.45, 2.75) is 26.7 Å². The largest absolute Gasteiger partial charge is 0.330 e. The van der Waals surface area contributed by atoms with Crippen LogP contribution in [0, 0.1) is 0 Å². The molecule has 0 heterocycles. The summed E-state index contributed by atoms with van der Waals surface area (Å²) in [4.78, 5) is 0. The molecule has 0 aliphatic rings. The van der Waals surface area contributed by atoms with Gasteiger partial charge in [0.1, 0.15) is 0 Å². The fraction of sp³-hybridized carbons (Fsp3) is 1.00. The Labute approximate surface area is 78.1 Å². The Morgan fingerprint density at radius 1 is 1.08 bits per heavy atom. The van der Waals surface area contributed by atoms with E-state index in [1.165, 1.54) is 12.8 Å². The molecule has 0 aliphatic carbocycles. The van der Waals surface area contributed by atoms with Crippen LogP contribution in [0.15, 0.2) is 0 Å². The maximum Gasteiger partial charge on any atom is -0.00774 e. The molecule has 0 atom stereocenters. The van der Waals surface area contributed by atoms with E-state index in [2.05, 4.69) is 24.5 Å². The van der Waals surface area contributed by atoms with Crippen LogP contribution >= 0.6 is 0 Å². The normalized spacial score (nSPS) is 7.50. The van der Waals surface area contributed by atoms with Gasteiger partial charge in [-0.2, -0.15) is 0 Å². The van der Waals surface area contributed by atoms with Gasteiger partial charge in [0, 0.05) is 0 Å². The van der Waals surface area contributed by atoms with Crippen LogP contribution in [0.3, 0.4) is 0 Å². The average Bonchev–Trinajstić information content (AvgIpc) is 2.08. The highest BCUT2D eigenvalue weighted by Gasteiger charge is 1.67. The fourth-order valence-corrected chi connectivity index (χ4v) is 0.204. The summed E-state index contributed by atoms with van der Waals surface area (Å²) < 4.78 is 0. The molecule has 4 N–H and O–H groups in total. The summed E-state index contributed by atoms with van der Waals surface area (Å²) in [6.45, 7) is 6.11. The molecule has 0 aromatic carbocycles. The van der Waals surface area contributed by atoms with Crippen LogP contribution in [0.2, 0.25) is 0 Å². The monoisotopic (exact) mass is 177 g/mol. The van der Waals surface area contributed by atoms with Crippen LogP contribution in [0.1, 0.15) is 26.7 Å². The molecule has 0 bridgehead atoms. The minimum Gasteiger partial charge on any atom is -0.330 e. The van der Waals surface area contributed by atoms with Gasteiger partial charge in [0.25, 0.3) is 0 Å². The lowest BCUT2D eigenvalue weighted by Crippen LogP contribution is -2.01. The van der Waals surface area contributed by atoms with Crippen molar-refractivity contribution >= 4 is 0 Å². The van der Waals surface area contributed by atoms with E-state index >= 15 is 0 Å². The van der Waals surface area contributed by atoms with Crippen molar-refractivity contribution in [1.82, 2.24) is 10.6 Å². The number of hydrogen-bond acceptors (Lipinski definition) is 3. The Kier molecular flexibility index (Phi) is 45.7. The average molecular weight is 177 g/mol. The summed E-state index contributed by atoms with van der Waals surface area (Å²) in [5, 5.41) is 5.68. The van der Waals surface area contributed by atoms with Crippen molar-refractivity contribution in [3.8, 4) is 0 Å². The van der Waals surface area contributed by atoms with Gasteiger partial charge in [-0.15, -0.1) is 0 Å². The molecule has 0 spiro atoms. The van der Waals surface area contributed by atoms with Crippen molar-refractivity contribution in [1.29, 1.82) is 0 Å². The third-order valence-corrected chi connectivity index (χ3v) is 0.911. The lowest BCUT2D eigenvalue weighted by molar-refractivity contribution is 0.807. The predicted molar refractivity (Wildman–Crippen MR) is 58.5 cm³/mol. The second-order valence-electron chi connectivity index (χ2n) is 2.35. The van der Waals surface area contributed by atoms with E-state index in [4.69, 9.17) is 5.73 Å². The van der Waals surface area contributed by atoms with Gasteiger partial charge in [0.2, 0.25) is 0 Å². The molecular formula is C9H27N3. The molecule has 3 nitrogen and oxygen atoms in total. The molecule has 12 heavy (non-hydrogen) atoms. The van der Waals surface area contributed by atoms with E-state index in [-0.39, 0.29) is 0 Å². The van der Waals surface area contributed by atoms with Crippen LogP contribution in [-0.4, -0.2) is 34.2 Å². The maximum atomic E-state index is 5.14. The topological polar surface area (TPSA) is 50.1 Å². The highest BCUT2D eigenvalue weighted by atomic mass is 14.8. The van der Waals surface area contributed by atoms with Crippen molar-refractivity contribution in [3.05, 3.63) is 0 Å². The van der Waals surface area contributed by atoms with Crippen molar-refractivity contribution in [2.24, 2.45) is 5.73 Å². The highest BCUT2D eigenvalue weighted by molar-refractivity contribution is 4.29. The highest BCUT2D eigenvalue weighted by Crippen LogP contribution is 1.77. The van der Waals surface area contributed by atoms with Crippen LogP contribution in [0.25, 0.3) is 0 Å². The molecule has 0 aliphatic heterocycles. The van der Waals surface area contributed by atoms with E-state index in [0.717, 1.165) is 13.1 Å². The third kappa shape index (κ3) is 93.9. The lowest BCUT2D eigenvalue weighted by atomic mass is 10.3. The zero-order valence-corrected chi connectivity index (χ0v) is 9.41. The fourth-order valence-electron chi connectivity index (χ4n) is 0.204. The second kappa shape index (κ2) is 30.7. The van der Waals surface area contributed by atoms with E-state index in [1.54, 1.807) is 0 Å². The van der Waals surface area contributed by atoms with Crippen LogP contribution in [0.4, 0.5) is 0 Å². The van der Waals surface area contributed by atoms with Gasteiger partial charge in [0.05, 0.1) is 0 Å². The number of hydrogen-bond donors (Lipinski definition) is 3. The third-order valence-electron chi connectivity index (χ3n) is 0.911.